The zero-order valence-corrected chi connectivity index (χ0v) is 14.4. The Labute approximate surface area is 150 Å². The molecule has 2 amide bonds. The molecule has 0 spiro atoms. The van der Waals surface area contributed by atoms with E-state index in [1.54, 1.807) is 48.4 Å². The minimum Gasteiger partial charge on any atom is -0.477 e. The highest BCUT2D eigenvalue weighted by atomic mass is 35.5. The molecule has 3 rings (SSSR count). The van der Waals surface area contributed by atoms with Gasteiger partial charge in [-0.05, 0) is 35.9 Å². The number of anilines is 1. The number of nitrogens with one attached hydrogen (secondary N) is 1. The van der Waals surface area contributed by atoms with Crippen LogP contribution in [0.1, 0.15) is 5.56 Å². The summed E-state index contributed by atoms with van der Waals surface area (Å²) in [5, 5.41) is 3.19. The number of likely N-dealkylation sites (N-methyl/N-ethyl adjacent to an activating group) is 1. The van der Waals surface area contributed by atoms with Crippen LogP contribution in [0.4, 0.5) is 5.69 Å². The van der Waals surface area contributed by atoms with Gasteiger partial charge in [0.2, 0.25) is 0 Å². The Hall–Kier alpha value is -2.79. The summed E-state index contributed by atoms with van der Waals surface area (Å²) in [6, 6.07) is 14.3. The summed E-state index contributed by atoms with van der Waals surface area (Å²) in [5.74, 6) is 0.0178. The zero-order chi connectivity index (χ0) is 17.8. The third-order valence-corrected chi connectivity index (χ3v) is 4.12. The summed E-state index contributed by atoms with van der Waals surface area (Å²) < 4.78 is 5.70. The molecule has 1 N–H and O–H groups in total. The molecule has 1 aliphatic rings. The molecule has 128 valence electrons. The van der Waals surface area contributed by atoms with Crippen LogP contribution in [0.15, 0.2) is 54.6 Å². The summed E-state index contributed by atoms with van der Waals surface area (Å²) in [6.45, 7) is 0.153. The first-order chi connectivity index (χ1) is 12.1. The molecule has 0 radical (unpaired) electrons. The molecule has 0 fully saturated rings. The number of carbonyl (C=O) groups is 2. The van der Waals surface area contributed by atoms with E-state index < -0.39 is 6.10 Å². The Morgan fingerprint density at radius 3 is 2.64 bits per heavy atom. The van der Waals surface area contributed by atoms with E-state index >= 15 is 0 Å². The van der Waals surface area contributed by atoms with Gasteiger partial charge in [0.1, 0.15) is 5.75 Å². The van der Waals surface area contributed by atoms with Crippen molar-refractivity contribution in [1.82, 2.24) is 5.32 Å². The van der Waals surface area contributed by atoms with Gasteiger partial charge in [0.25, 0.3) is 11.8 Å². The molecule has 1 unspecified atom stereocenters. The minimum atomic E-state index is -0.743. The molecule has 2 aromatic rings. The molecule has 5 nitrogen and oxygen atoms in total. The molecule has 2 aromatic carbocycles. The third kappa shape index (κ3) is 3.83. The second-order valence-electron chi connectivity index (χ2n) is 5.52. The SMILES string of the molecule is CNC(=O)C1CN(C(=O)/C=C/c2ccc(Cl)cc2)c2ccccc2O1. The van der Waals surface area contributed by atoms with Crippen molar-refractivity contribution < 1.29 is 14.3 Å². The van der Waals surface area contributed by atoms with Crippen LogP contribution in [-0.4, -0.2) is 31.5 Å². The smallest absolute Gasteiger partial charge is 0.262 e. The number of nitrogens with zero attached hydrogens (tertiary/aromatic N) is 1. The quantitative estimate of drug-likeness (QED) is 0.860. The van der Waals surface area contributed by atoms with Crippen molar-refractivity contribution >= 4 is 35.2 Å². The first-order valence-electron chi connectivity index (χ1n) is 7.81. The van der Waals surface area contributed by atoms with Crippen LogP contribution in [0.2, 0.25) is 5.02 Å². The van der Waals surface area contributed by atoms with Crippen LogP contribution in [0.25, 0.3) is 6.08 Å². The number of amides is 2. The zero-order valence-electron chi connectivity index (χ0n) is 13.6. The van der Waals surface area contributed by atoms with Crippen molar-refractivity contribution in [3.8, 4) is 5.75 Å². The predicted octanol–water partition coefficient (Wildman–Crippen LogP) is 2.89. The van der Waals surface area contributed by atoms with Crippen molar-refractivity contribution in [2.45, 2.75) is 6.10 Å². The highest BCUT2D eigenvalue weighted by Crippen LogP contribution is 2.33. The summed E-state index contributed by atoms with van der Waals surface area (Å²) in [7, 11) is 1.54. The fourth-order valence-electron chi connectivity index (χ4n) is 2.57. The number of para-hydroxylation sites is 2. The van der Waals surface area contributed by atoms with Crippen LogP contribution in [0, 0.1) is 0 Å². The predicted molar refractivity (Wildman–Crippen MR) is 97.8 cm³/mol. The average molecular weight is 357 g/mol. The van der Waals surface area contributed by atoms with Crippen LogP contribution < -0.4 is 15.0 Å². The number of hydrogen-bond acceptors (Lipinski definition) is 3. The monoisotopic (exact) mass is 356 g/mol. The van der Waals surface area contributed by atoms with Crippen molar-refractivity contribution in [3.63, 3.8) is 0 Å². The Bertz CT molecular complexity index is 818. The topological polar surface area (TPSA) is 58.6 Å². The molecule has 0 aliphatic carbocycles. The molecule has 1 aliphatic heterocycles. The Balaban J connectivity index is 1.84. The highest BCUT2D eigenvalue weighted by molar-refractivity contribution is 6.30. The summed E-state index contributed by atoms with van der Waals surface area (Å²) >= 11 is 5.86. The van der Waals surface area contributed by atoms with E-state index in [2.05, 4.69) is 5.32 Å². The van der Waals surface area contributed by atoms with Gasteiger partial charge in [-0.3, -0.25) is 9.59 Å². The van der Waals surface area contributed by atoms with Gasteiger partial charge in [0.05, 0.1) is 12.2 Å². The molecule has 1 heterocycles. The standard InChI is InChI=1S/C19H17ClN2O3/c1-21-19(24)17-12-22(15-4-2-3-5-16(15)25-17)18(23)11-8-13-6-9-14(20)10-7-13/h2-11,17H,12H2,1H3,(H,21,24)/b11-8+. The molecule has 0 saturated carbocycles. The Morgan fingerprint density at radius 2 is 1.92 bits per heavy atom. The van der Waals surface area contributed by atoms with Crippen LogP contribution in [0.3, 0.4) is 0 Å². The van der Waals surface area contributed by atoms with E-state index in [1.807, 2.05) is 18.2 Å². The van der Waals surface area contributed by atoms with Gasteiger partial charge in [-0.1, -0.05) is 35.9 Å². The molecule has 25 heavy (non-hydrogen) atoms. The van der Waals surface area contributed by atoms with E-state index in [0.29, 0.717) is 16.5 Å². The lowest BCUT2D eigenvalue weighted by Crippen LogP contribution is -2.49. The minimum absolute atomic E-state index is 0.153. The van der Waals surface area contributed by atoms with Crippen molar-refractivity contribution in [2.75, 3.05) is 18.5 Å². The highest BCUT2D eigenvalue weighted by Gasteiger charge is 2.32. The van der Waals surface area contributed by atoms with Crippen LogP contribution in [-0.2, 0) is 9.59 Å². The second kappa shape index (κ2) is 7.40. The number of benzene rings is 2. The van der Waals surface area contributed by atoms with Crippen molar-refractivity contribution in [2.24, 2.45) is 0 Å². The number of hydrogen-bond donors (Lipinski definition) is 1. The second-order valence-corrected chi connectivity index (χ2v) is 5.96. The van der Waals surface area contributed by atoms with Gasteiger partial charge in [-0.25, -0.2) is 0 Å². The van der Waals surface area contributed by atoms with Crippen LogP contribution >= 0.6 is 11.6 Å². The Morgan fingerprint density at radius 1 is 1.20 bits per heavy atom. The average Bonchev–Trinajstić information content (AvgIpc) is 2.65. The Kier molecular flexibility index (Phi) is 5.05. The number of ether oxygens (including phenoxy) is 1. The van der Waals surface area contributed by atoms with Gasteiger partial charge in [0, 0.05) is 18.1 Å². The fourth-order valence-corrected chi connectivity index (χ4v) is 2.70. The molecule has 0 bridgehead atoms. The van der Waals surface area contributed by atoms with E-state index in [0.717, 1.165) is 5.56 Å². The van der Waals surface area contributed by atoms with Gasteiger partial charge in [-0.15, -0.1) is 0 Å². The largest absolute Gasteiger partial charge is 0.477 e. The van der Waals surface area contributed by atoms with Crippen molar-refractivity contribution in [1.29, 1.82) is 0 Å². The van der Waals surface area contributed by atoms with E-state index in [4.69, 9.17) is 16.3 Å². The lowest BCUT2D eigenvalue weighted by Gasteiger charge is -2.33. The van der Waals surface area contributed by atoms with Gasteiger partial charge in [0.15, 0.2) is 6.10 Å². The van der Waals surface area contributed by atoms with E-state index in [9.17, 15) is 9.59 Å². The molecule has 6 heteroatoms. The van der Waals surface area contributed by atoms with Gasteiger partial charge >= 0.3 is 0 Å². The molecule has 0 saturated heterocycles. The summed E-state index contributed by atoms with van der Waals surface area (Å²) in [4.78, 5) is 26.2. The maximum absolute atomic E-state index is 12.7. The number of carbonyl (C=O) groups excluding carboxylic acids is 2. The molecule has 1 atom stereocenters. The van der Waals surface area contributed by atoms with Gasteiger partial charge in [-0.2, -0.15) is 0 Å². The maximum Gasteiger partial charge on any atom is 0.262 e. The maximum atomic E-state index is 12.7. The molecular weight excluding hydrogens is 340 g/mol. The third-order valence-electron chi connectivity index (χ3n) is 3.87. The van der Waals surface area contributed by atoms with Crippen LogP contribution in [0.5, 0.6) is 5.75 Å². The van der Waals surface area contributed by atoms with Gasteiger partial charge < -0.3 is 15.0 Å². The lowest BCUT2D eigenvalue weighted by atomic mass is 10.1. The molecule has 0 aromatic heterocycles. The number of rotatable bonds is 3. The normalized spacial score (nSPS) is 16.2. The fraction of sp³-hybridized carbons (Fsp3) is 0.158. The van der Waals surface area contributed by atoms with Crippen molar-refractivity contribution in [3.05, 3.63) is 65.2 Å². The summed E-state index contributed by atoms with van der Waals surface area (Å²) in [5.41, 5.74) is 1.51. The summed E-state index contributed by atoms with van der Waals surface area (Å²) in [6.07, 6.45) is 2.45. The number of halogens is 1. The number of fused-ring (bicyclic) bond motifs is 1. The lowest BCUT2D eigenvalue weighted by molar-refractivity contribution is -0.127. The first-order valence-corrected chi connectivity index (χ1v) is 8.18. The van der Waals surface area contributed by atoms with E-state index in [1.165, 1.54) is 6.08 Å². The molecular formula is C19H17ClN2O3. The van der Waals surface area contributed by atoms with E-state index in [-0.39, 0.29) is 18.4 Å². The first kappa shape index (κ1) is 17.0.